The second-order valence-electron chi connectivity index (χ2n) is 13.8. The average Bonchev–Trinajstić information content (AvgIpc) is 3.28. The van der Waals surface area contributed by atoms with Gasteiger partial charge in [0.1, 0.15) is 5.75 Å². The van der Waals surface area contributed by atoms with Crippen molar-refractivity contribution in [3.05, 3.63) is 29.3 Å². The van der Waals surface area contributed by atoms with E-state index in [2.05, 4.69) is 30.9 Å². The van der Waals surface area contributed by atoms with Crippen LogP contribution in [0.25, 0.3) is 0 Å². The largest absolute Gasteiger partial charge is 0.469 e. The van der Waals surface area contributed by atoms with E-state index in [0.717, 1.165) is 64.5 Å². The molecule has 2 aliphatic heterocycles. The Morgan fingerprint density at radius 3 is 2.51 bits per heavy atom. The minimum atomic E-state index is -4.52. The Hall–Kier alpha value is -1.44. The van der Waals surface area contributed by atoms with Crippen molar-refractivity contribution in [2.24, 2.45) is 23.2 Å². The first-order chi connectivity index (χ1) is 19.7. The predicted molar refractivity (Wildman–Crippen MR) is 158 cm³/mol. The molecule has 3 aliphatic carbocycles. The Bertz CT molecular complexity index is 1140. The summed E-state index contributed by atoms with van der Waals surface area (Å²) in [7, 11) is -4.52. The summed E-state index contributed by atoms with van der Waals surface area (Å²) in [5, 5.41) is 0. The molecule has 2 saturated carbocycles. The van der Waals surface area contributed by atoms with Gasteiger partial charge in [-0.2, -0.15) is 0 Å². The van der Waals surface area contributed by atoms with Gasteiger partial charge in [0.25, 0.3) is 0 Å². The summed E-state index contributed by atoms with van der Waals surface area (Å²) in [6.07, 6.45) is 12.2. The Labute approximate surface area is 245 Å². The number of phosphoric acid groups is 1. The lowest BCUT2D eigenvalue weighted by molar-refractivity contribution is -0.0379. The molecular weight excluding hydrogens is 539 g/mol. The summed E-state index contributed by atoms with van der Waals surface area (Å²) in [6.45, 7) is 8.38. The number of benzene rings is 1. The first-order valence-electron chi connectivity index (χ1n) is 16.2. The van der Waals surface area contributed by atoms with E-state index in [1.807, 2.05) is 11.0 Å². The van der Waals surface area contributed by atoms with Crippen molar-refractivity contribution in [3.63, 3.8) is 0 Å². The first-order valence-corrected chi connectivity index (χ1v) is 17.8. The summed E-state index contributed by atoms with van der Waals surface area (Å²) < 4.78 is 23.1. The van der Waals surface area contributed by atoms with Crippen molar-refractivity contribution in [1.29, 1.82) is 0 Å². The molecule has 2 heterocycles. The van der Waals surface area contributed by atoms with Gasteiger partial charge in [-0.1, -0.05) is 39.2 Å². The van der Waals surface area contributed by atoms with Crippen molar-refractivity contribution in [1.82, 2.24) is 9.80 Å². The topological polar surface area (TPSA) is 99.5 Å². The van der Waals surface area contributed by atoms with Crippen molar-refractivity contribution < 1.29 is 28.4 Å². The third kappa shape index (κ3) is 6.02. The smallest absolute Gasteiger partial charge is 0.410 e. The van der Waals surface area contributed by atoms with Crippen molar-refractivity contribution in [3.8, 4) is 5.75 Å². The molecule has 1 aromatic rings. The average molecular weight is 589 g/mol. The lowest BCUT2D eigenvalue weighted by Crippen LogP contribution is -2.48. The molecular formula is C32H49N2O6P. The Morgan fingerprint density at radius 1 is 1.05 bits per heavy atom. The van der Waals surface area contributed by atoms with Gasteiger partial charge >= 0.3 is 13.9 Å². The Balaban J connectivity index is 1.14. The number of carbonyl (C=O) groups excluding carboxylic acids is 1. The summed E-state index contributed by atoms with van der Waals surface area (Å²) in [5.41, 5.74) is 2.48. The molecule has 0 spiro atoms. The quantitative estimate of drug-likeness (QED) is 0.366. The fourth-order valence-corrected chi connectivity index (χ4v) is 10.3. The Morgan fingerprint density at radius 2 is 1.80 bits per heavy atom. The monoisotopic (exact) mass is 588 g/mol. The molecule has 5 aliphatic rings. The fourth-order valence-electron chi connectivity index (χ4n) is 9.64. The maximum Gasteiger partial charge on any atom is 0.469 e. The summed E-state index contributed by atoms with van der Waals surface area (Å²) in [4.78, 5) is 36.8. The van der Waals surface area contributed by atoms with Crippen LogP contribution in [0.15, 0.2) is 18.2 Å². The van der Waals surface area contributed by atoms with Crippen LogP contribution >= 0.6 is 7.82 Å². The van der Waals surface area contributed by atoms with E-state index in [9.17, 15) is 19.1 Å². The second kappa shape index (κ2) is 11.9. The van der Waals surface area contributed by atoms with Crippen LogP contribution in [-0.2, 0) is 15.5 Å². The van der Waals surface area contributed by atoms with Crippen molar-refractivity contribution >= 4 is 13.9 Å². The van der Waals surface area contributed by atoms with E-state index in [4.69, 9.17) is 9.26 Å². The molecule has 0 aromatic heterocycles. The maximum absolute atomic E-state index is 13.1. The minimum Gasteiger partial charge on any atom is -0.410 e. The number of hydrogen-bond donors (Lipinski definition) is 2. The zero-order chi connectivity index (χ0) is 28.8. The van der Waals surface area contributed by atoms with E-state index >= 15 is 0 Å². The van der Waals surface area contributed by atoms with Gasteiger partial charge in [0.2, 0.25) is 0 Å². The fraction of sp³-hybridized carbons (Fsp3) is 0.781. The van der Waals surface area contributed by atoms with Crippen LogP contribution in [0.1, 0.15) is 102 Å². The number of ether oxygens (including phenoxy) is 1. The van der Waals surface area contributed by atoms with Crippen LogP contribution in [0.3, 0.4) is 0 Å². The predicted octanol–water partition coefficient (Wildman–Crippen LogP) is 6.50. The molecule has 4 fully saturated rings. The summed E-state index contributed by atoms with van der Waals surface area (Å²) >= 11 is 0. The van der Waals surface area contributed by atoms with Gasteiger partial charge in [-0.05, 0) is 123 Å². The zero-order valence-corrected chi connectivity index (χ0v) is 25.8. The van der Waals surface area contributed by atoms with Gasteiger partial charge < -0.3 is 24.3 Å². The molecule has 0 radical (unpaired) electrons. The van der Waals surface area contributed by atoms with Gasteiger partial charge in [-0.25, -0.2) is 9.36 Å². The van der Waals surface area contributed by atoms with Gasteiger partial charge in [0.05, 0.1) is 6.10 Å². The van der Waals surface area contributed by atoms with Crippen LogP contribution < -0.4 is 4.74 Å². The molecule has 41 heavy (non-hydrogen) atoms. The molecule has 1 amide bonds. The third-order valence-electron chi connectivity index (χ3n) is 11.5. The van der Waals surface area contributed by atoms with Crippen molar-refractivity contribution in [2.45, 2.75) is 109 Å². The second-order valence-corrected chi connectivity index (χ2v) is 15.0. The number of nitrogens with zero attached hydrogens (tertiary/aromatic N) is 2. The van der Waals surface area contributed by atoms with E-state index in [1.54, 1.807) is 0 Å². The number of piperidine rings is 2. The lowest BCUT2D eigenvalue weighted by atomic mass is 9.52. The lowest BCUT2D eigenvalue weighted by Gasteiger charge is -2.53. The minimum absolute atomic E-state index is 0.206. The standard InChI is InChI=1S/C32H49N2O6P/c1-3-7-22-20-23-21-25(39-31(35)34-18-13-24(14-19-34)33-16-5-4-6-17-33)8-9-26(23)27-12-15-32(2)28(30(22)27)10-11-29(32)40-41(36,37)38/h8-9,21-22,24,27-30H,3-7,10-20H2,1-2H3,(H2,36,37,38)/t22-,27-,28+,29+,30-,32+/m1/s1. The summed E-state index contributed by atoms with van der Waals surface area (Å²) in [6, 6.07) is 6.90. The third-order valence-corrected chi connectivity index (χ3v) is 12.1. The number of rotatable bonds is 6. The molecule has 0 unspecified atom stereocenters. The SMILES string of the molecule is CCC[C@@H]1Cc2cc(OC(=O)N3CCC(N4CCCCC4)CC3)ccc2[C@H]2CC[C@]3(C)[C@@H](OP(=O)(O)O)CC[C@H]3[C@H]12. The summed E-state index contributed by atoms with van der Waals surface area (Å²) in [5.74, 6) is 2.47. The van der Waals surface area contributed by atoms with Crippen LogP contribution in [-0.4, -0.2) is 64.0 Å². The van der Waals surface area contributed by atoms with Gasteiger partial charge in [-0.3, -0.25) is 4.52 Å². The van der Waals surface area contributed by atoms with Crippen molar-refractivity contribution in [2.75, 3.05) is 26.2 Å². The molecule has 1 aromatic carbocycles. The van der Waals surface area contributed by atoms with E-state index in [-0.39, 0.29) is 17.6 Å². The highest BCUT2D eigenvalue weighted by Crippen LogP contribution is 2.64. The van der Waals surface area contributed by atoms with Crippen LogP contribution in [0.5, 0.6) is 5.75 Å². The van der Waals surface area contributed by atoms with Gasteiger partial charge in [0.15, 0.2) is 0 Å². The molecule has 6 atom stereocenters. The van der Waals surface area contributed by atoms with E-state index < -0.39 is 7.82 Å². The zero-order valence-electron chi connectivity index (χ0n) is 24.9. The van der Waals surface area contributed by atoms with E-state index in [1.165, 1.54) is 43.5 Å². The molecule has 9 heteroatoms. The van der Waals surface area contributed by atoms with Crippen LogP contribution in [0.4, 0.5) is 4.79 Å². The van der Waals surface area contributed by atoms with Crippen LogP contribution in [0.2, 0.25) is 0 Å². The number of carbonyl (C=O) groups is 1. The molecule has 6 rings (SSSR count). The highest BCUT2D eigenvalue weighted by atomic mass is 31.2. The molecule has 2 saturated heterocycles. The molecule has 2 N–H and O–H groups in total. The number of phosphoric ester groups is 1. The molecule has 8 nitrogen and oxygen atoms in total. The molecule has 228 valence electrons. The van der Waals surface area contributed by atoms with Crippen LogP contribution in [0, 0.1) is 23.2 Å². The van der Waals surface area contributed by atoms with Gasteiger partial charge in [-0.15, -0.1) is 0 Å². The number of amides is 1. The number of fused-ring (bicyclic) bond motifs is 5. The highest BCUT2D eigenvalue weighted by molar-refractivity contribution is 7.46. The number of likely N-dealkylation sites (tertiary alicyclic amines) is 2. The Kier molecular flexibility index (Phi) is 8.61. The highest BCUT2D eigenvalue weighted by Gasteiger charge is 2.58. The number of hydrogen-bond acceptors (Lipinski definition) is 5. The van der Waals surface area contributed by atoms with E-state index in [0.29, 0.717) is 41.9 Å². The normalized spacial score (nSPS) is 34.5. The first kappa shape index (κ1) is 29.6. The van der Waals surface area contributed by atoms with Gasteiger partial charge in [0, 0.05) is 19.1 Å². The maximum atomic E-state index is 13.1. The molecule has 0 bridgehead atoms.